The maximum Gasteiger partial charge on any atom is 0.232 e. The Bertz CT molecular complexity index is 447. The van der Waals surface area contributed by atoms with Crippen LogP contribution in [0.25, 0.3) is 0 Å². The minimum atomic E-state index is 0.102. The first-order chi connectivity index (χ1) is 10.2. The highest BCUT2D eigenvalue weighted by Gasteiger charge is 2.35. The van der Waals surface area contributed by atoms with Crippen LogP contribution >= 0.6 is 0 Å². The molecule has 2 fully saturated rings. The van der Waals surface area contributed by atoms with E-state index in [1.807, 2.05) is 0 Å². The molecule has 1 atom stereocenters. The summed E-state index contributed by atoms with van der Waals surface area (Å²) in [5.74, 6) is 1.76. The standard InChI is InChI=1S/C16H28N4O/c1-3-13(20-11-9-17-10-12-20)14-18-15(21-19-14)16(2)7-5-4-6-8-16/h13,17H,3-12H2,1-2H3. The zero-order valence-electron chi connectivity index (χ0n) is 13.4. The zero-order chi connectivity index (χ0) is 14.7. The lowest BCUT2D eigenvalue weighted by atomic mass is 9.75. The average Bonchev–Trinajstić information content (AvgIpc) is 3.00. The Kier molecular flexibility index (Phi) is 4.60. The first-order valence-corrected chi connectivity index (χ1v) is 8.52. The van der Waals surface area contributed by atoms with Crippen molar-refractivity contribution in [1.29, 1.82) is 0 Å². The predicted molar refractivity (Wildman–Crippen MR) is 82.2 cm³/mol. The van der Waals surface area contributed by atoms with Gasteiger partial charge in [-0.3, -0.25) is 4.90 Å². The highest BCUT2D eigenvalue weighted by atomic mass is 16.5. The Hall–Kier alpha value is -0.940. The predicted octanol–water partition coefficient (Wildman–Crippen LogP) is 2.65. The Morgan fingerprint density at radius 2 is 1.95 bits per heavy atom. The summed E-state index contributed by atoms with van der Waals surface area (Å²) >= 11 is 0. The van der Waals surface area contributed by atoms with Gasteiger partial charge in [0, 0.05) is 31.6 Å². The maximum atomic E-state index is 5.68. The summed E-state index contributed by atoms with van der Waals surface area (Å²) in [6, 6.07) is 0.303. The molecule has 5 heteroatoms. The third kappa shape index (κ3) is 3.14. The summed E-state index contributed by atoms with van der Waals surface area (Å²) < 4.78 is 5.68. The molecule has 3 rings (SSSR count). The van der Waals surface area contributed by atoms with Crippen molar-refractivity contribution in [2.24, 2.45) is 0 Å². The topological polar surface area (TPSA) is 54.2 Å². The lowest BCUT2D eigenvalue weighted by Gasteiger charge is -2.32. The second-order valence-electron chi connectivity index (χ2n) is 6.79. The molecule has 21 heavy (non-hydrogen) atoms. The van der Waals surface area contributed by atoms with E-state index in [4.69, 9.17) is 9.51 Å². The van der Waals surface area contributed by atoms with Gasteiger partial charge in [0.1, 0.15) is 0 Å². The average molecular weight is 292 g/mol. The lowest BCUT2D eigenvalue weighted by Crippen LogP contribution is -2.45. The molecule has 1 aromatic heterocycles. The van der Waals surface area contributed by atoms with Crippen molar-refractivity contribution in [1.82, 2.24) is 20.4 Å². The van der Waals surface area contributed by atoms with Crippen LogP contribution in [0.5, 0.6) is 0 Å². The third-order valence-electron chi connectivity index (χ3n) is 5.19. The van der Waals surface area contributed by atoms with Gasteiger partial charge < -0.3 is 9.84 Å². The highest BCUT2D eigenvalue weighted by Crippen LogP contribution is 2.38. The van der Waals surface area contributed by atoms with Gasteiger partial charge in [-0.15, -0.1) is 0 Å². The molecule has 0 aromatic carbocycles. The molecule has 1 aromatic rings. The molecule has 1 saturated carbocycles. The van der Waals surface area contributed by atoms with Crippen LogP contribution in [0.15, 0.2) is 4.52 Å². The fraction of sp³-hybridized carbons (Fsp3) is 0.875. The monoisotopic (exact) mass is 292 g/mol. The van der Waals surface area contributed by atoms with E-state index in [2.05, 4.69) is 29.2 Å². The van der Waals surface area contributed by atoms with E-state index in [9.17, 15) is 0 Å². The molecule has 1 aliphatic carbocycles. The van der Waals surface area contributed by atoms with E-state index >= 15 is 0 Å². The number of piperazine rings is 1. The molecule has 0 spiro atoms. The van der Waals surface area contributed by atoms with Crippen LogP contribution < -0.4 is 5.32 Å². The molecule has 1 N–H and O–H groups in total. The Morgan fingerprint density at radius 1 is 1.24 bits per heavy atom. The number of nitrogens with one attached hydrogen (secondary N) is 1. The fourth-order valence-electron chi connectivity index (χ4n) is 3.76. The van der Waals surface area contributed by atoms with Gasteiger partial charge in [0.25, 0.3) is 0 Å². The van der Waals surface area contributed by atoms with Gasteiger partial charge in [0.05, 0.1) is 6.04 Å². The minimum Gasteiger partial charge on any atom is -0.339 e. The molecule has 1 saturated heterocycles. The molecular formula is C16H28N4O. The minimum absolute atomic E-state index is 0.102. The first kappa shape index (κ1) is 15.0. The number of rotatable bonds is 4. The van der Waals surface area contributed by atoms with Crippen molar-refractivity contribution in [2.45, 2.75) is 63.8 Å². The molecule has 1 aliphatic heterocycles. The van der Waals surface area contributed by atoms with Crippen molar-refractivity contribution in [3.63, 3.8) is 0 Å². The van der Waals surface area contributed by atoms with E-state index in [0.29, 0.717) is 6.04 Å². The molecule has 5 nitrogen and oxygen atoms in total. The van der Waals surface area contributed by atoms with Crippen LogP contribution in [-0.4, -0.2) is 41.2 Å². The van der Waals surface area contributed by atoms with Crippen LogP contribution in [0.4, 0.5) is 0 Å². The Morgan fingerprint density at radius 3 is 2.62 bits per heavy atom. The largest absolute Gasteiger partial charge is 0.339 e. The van der Waals surface area contributed by atoms with E-state index in [1.54, 1.807) is 0 Å². The summed E-state index contributed by atoms with van der Waals surface area (Å²) in [5.41, 5.74) is 0.102. The molecular weight excluding hydrogens is 264 g/mol. The molecule has 0 amide bonds. The summed E-state index contributed by atoms with van der Waals surface area (Å²) in [6.07, 6.45) is 7.30. The van der Waals surface area contributed by atoms with Crippen molar-refractivity contribution in [3.05, 3.63) is 11.7 Å². The van der Waals surface area contributed by atoms with Crippen molar-refractivity contribution in [2.75, 3.05) is 26.2 Å². The van der Waals surface area contributed by atoms with Gasteiger partial charge in [0.15, 0.2) is 5.82 Å². The molecule has 1 unspecified atom stereocenters. The van der Waals surface area contributed by atoms with Gasteiger partial charge >= 0.3 is 0 Å². The zero-order valence-corrected chi connectivity index (χ0v) is 13.4. The molecule has 0 bridgehead atoms. The van der Waals surface area contributed by atoms with E-state index in [-0.39, 0.29) is 5.41 Å². The van der Waals surface area contributed by atoms with Gasteiger partial charge in [-0.25, -0.2) is 0 Å². The Labute approximate surface area is 127 Å². The number of hydrogen-bond acceptors (Lipinski definition) is 5. The third-order valence-corrected chi connectivity index (χ3v) is 5.19. The number of nitrogens with zero attached hydrogens (tertiary/aromatic N) is 3. The van der Waals surface area contributed by atoms with E-state index < -0.39 is 0 Å². The summed E-state index contributed by atoms with van der Waals surface area (Å²) in [4.78, 5) is 7.29. The van der Waals surface area contributed by atoms with Crippen molar-refractivity contribution >= 4 is 0 Å². The molecule has 118 valence electrons. The van der Waals surface area contributed by atoms with Crippen LogP contribution in [0, 0.1) is 0 Å². The number of aromatic nitrogens is 2. The molecule has 0 radical (unpaired) electrons. The van der Waals surface area contributed by atoms with Crippen LogP contribution in [0.2, 0.25) is 0 Å². The Balaban J connectivity index is 1.76. The van der Waals surface area contributed by atoms with Crippen molar-refractivity contribution < 1.29 is 4.52 Å². The van der Waals surface area contributed by atoms with Gasteiger partial charge in [-0.05, 0) is 19.3 Å². The summed E-state index contributed by atoms with van der Waals surface area (Å²) in [7, 11) is 0. The normalized spacial score (nSPS) is 24.9. The van der Waals surface area contributed by atoms with Gasteiger partial charge in [-0.1, -0.05) is 38.3 Å². The highest BCUT2D eigenvalue weighted by molar-refractivity contribution is 5.06. The summed E-state index contributed by atoms with van der Waals surface area (Å²) in [6.45, 7) is 8.75. The van der Waals surface area contributed by atoms with Crippen molar-refractivity contribution in [3.8, 4) is 0 Å². The summed E-state index contributed by atoms with van der Waals surface area (Å²) in [5, 5.41) is 7.74. The smallest absolute Gasteiger partial charge is 0.232 e. The lowest BCUT2D eigenvalue weighted by molar-refractivity contribution is 0.159. The van der Waals surface area contributed by atoms with Gasteiger partial charge in [0.2, 0.25) is 5.89 Å². The first-order valence-electron chi connectivity index (χ1n) is 8.52. The quantitative estimate of drug-likeness (QED) is 0.924. The maximum absolute atomic E-state index is 5.68. The fourth-order valence-corrected chi connectivity index (χ4v) is 3.76. The molecule has 2 aliphatic rings. The van der Waals surface area contributed by atoms with E-state index in [1.165, 1.54) is 32.1 Å². The van der Waals surface area contributed by atoms with Crippen LogP contribution in [0.1, 0.15) is 70.1 Å². The second-order valence-corrected chi connectivity index (χ2v) is 6.79. The van der Waals surface area contributed by atoms with E-state index in [0.717, 1.165) is 44.3 Å². The van der Waals surface area contributed by atoms with Crippen LogP contribution in [-0.2, 0) is 5.41 Å². The van der Waals surface area contributed by atoms with Crippen LogP contribution in [0.3, 0.4) is 0 Å². The molecule has 2 heterocycles. The van der Waals surface area contributed by atoms with Gasteiger partial charge in [-0.2, -0.15) is 4.98 Å². The number of hydrogen-bond donors (Lipinski definition) is 1. The second kappa shape index (κ2) is 6.44. The SMILES string of the molecule is CCC(c1noc(C2(C)CCCCC2)n1)N1CCNCC1.